The average molecular weight is 1070 g/mol. The molecular weight excluding hydrogens is 998 g/mol. The minimum Gasteiger partial charge on any atom is -0.507 e. The SMILES string of the molecule is [2H]C([2H])([2H])c1cc(-c2cc(C([2H])(C)C)cc(C([2H])(C)C)c2)ccc1-n1c(-c2cc(C(C)(C)C)cc(C(C)(C)C)c2O)nc2c(-c3[c-]c(-c4cc(-c5ccc(C)cc5)ccn4)cc(C(C)(C)C)c3)cccc21.[Pt]. The van der Waals surface area contributed by atoms with E-state index in [9.17, 15) is 5.11 Å². The van der Waals surface area contributed by atoms with Crippen LogP contribution in [-0.4, -0.2) is 19.6 Å². The van der Waals surface area contributed by atoms with E-state index in [1.54, 1.807) is 6.07 Å². The Morgan fingerprint density at radius 2 is 1.24 bits per heavy atom. The number of nitrogens with zero attached hydrogens (tertiary/aromatic N) is 3. The number of fused-ring (bicyclic) bond motifs is 1. The van der Waals surface area contributed by atoms with E-state index in [-0.39, 0.29) is 43.2 Å². The van der Waals surface area contributed by atoms with Gasteiger partial charge in [-0.25, -0.2) is 4.98 Å². The second kappa shape index (κ2) is 18.5. The molecule has 0 radical (unpaired) electrons. The van der Waals surface area contributed by atoms with Crippen LogP contribution in [-0.2, 0) is 37.3 Å². The summed E-state index contributed by atoms with van der Waals surface area (Å²) in [6.45, 7) is 26.0. The molecule has 6 aromatic carbocycles. The summed E-state index contributed by atoms with van der Waals surface area (Å²) in [7, 11) is 0. The third-order valence-corrected chi connectivity index (χ3v) is 12.8. The van der Waals surface area contributed by atoms with Crippen LogP contribution in [0.25, 0.3) is 72.7 Å². The first-order valence-corrected chi connectivity index (χ1v) is 23.1. The van der Waals surface area contributed by atoms with Crippen LogP contribution in [0.4, 0.5) is 0 Å². The van der Waals surface area contributed by atoms with Crippen LogP contribution in [0.5, 0.6) is 5.75 Å². The molecule has 0 amide bonds. The van der Waals surface area contributed by atoms with Crippen molar-refractivity contribution in [3.05, 3.63) is 166 Å². The number of imidazole rings is 1. The molecule has 0 atom stereocenters. The molecule has 0 fully saturated rings. The molecule has 0 aliphatic heterocycles. The minimum atomic E-state index is -2.60. The molecule has 2 aromatic heterocycles. The van der Waals surface area contributed by atoms with E-state index in [4.69, 9.17) is 16.8 Å². The molecule has 0 bridgehead atoms. The summed E-state index contributed by atoms with van der Waals surface area (Å²) in [5, 5.41) is 12.6. The maximum atomic E-state index is 12.6. The molecule has 348 valence electrons. The van der Waals surface area contributed by atoms with Gasteiger partial charge >= 0.3 is 0 Å². The molecule has 0 spiro atoms. The molecule has 2 heterocycles. The van der Waals surface area contributed by atoms with E-state index in [0.717, 1.165) is 66.9 Å². The fourth-order valence-corrected chi connectivity index (χ4v) is 8.62. The van der Waals surface area contributed by atoms with Crippen molar-refractivity contribution in [2.75, 3.05) is 0 Å². The molecular formula is C62H68N3OPt-. The van der Waals surface area contributed by atoms with Gasteiger partial charge in [-0.2, -0.15) is 0 Å². The number of pyridine rings is 1. The second-order valence-corrected chi connectivity index (χ2v) is 21.6. The van der Waals surface area contributed by atoms with E-state index in [1.807, 2.05) is 99.1 Å². The standard InChI is InChI=1S/C62H68N3O.Pt/c1-37(2)44-28-45(38(3)4)30-46(29-44)42-23-24-55(40(6)27-42)65-56-18-16-17-51(57(56)64-59(65)52-35-50(61(10,11)12)36-53(58(52)66)62(13,14)15)47-31-48(33-49(32-47)60(7,8)9)54-34-43(25-26-63-54)41-21-19-39(5)20-22-41;/h16-30,32-38,66H,1-15H3;/q-1;/i6D3,37D,38D;. The van der Waals surface area contributed by atoms with Crippen LogP contribution in [0.3, 0.4) is 0 Å². The van der Waals surface area contributed by atoms with Crippen molar-refractivity contribution in [2.24, 2.45) is 0 Å². The number of hydrogen-bond acceptors (Lipinski definition) is 3. The largest absolute Gasteiger partial charge is 0.507 e. The van der Waals surface area contributed by atoms with Crippen molar-refractivity contribution in [3.8, 4) is 67.5 Å². The van der Waals surface area contributed by atoms with Crippen molar-refractivity contribution < 1.29 is 33.0 Å². The maximum Gasteiger partial charge on any atom is 0.148 e. The first-order valence-electron chi connectivity index (χ1n) is 25.6. The number of benzene rings is 6. The molecule has 67 heavy (non-hydrogen) atoms. The number of hydrogen-bond donors (Lipinski definition) is 1. The van der Waals surface area contributed by atoms with E-state index < -0.39 is 24.1 Å². The van der Waals surface area contributed by atoms with Crippen molar-refractivity contribution in [3.63, 3.8) is 0 Å². The Morgan fingerprint density at radius 1 is 0.627 bits per heavy atom. The van der Waals surface area contributed by atoms with Crippen molar-refractivity contribution in [2.45, 2.75) is 132 Å². The zero-order valence-electron chi connectivity index (χ0n) is 46.7. The Kier molecular flexibility index (Phi) is 11.8. The predicted molar refractivity (Wildman–Crippen MR) is 280 cm³/mol. The van der Waals surface area contributed by atoms with Crippen LogP contribution in [0.15, 0.2) is 121 Å². The Morgan fingerprint density at radius 3 is 1.85 bits per heavy atom. The summed E-state index contributed by atoms with van der Waals surface area (Å²) < 4.78 is 47.2. The topological polar surface area (TPSA) is 50.9 Å². The first kappa shape index (κ1) is 42.8. The molecule has 0 unspecified atom stereocenters. The summed E-state index contributed by atoms with van der Waals surface area (Å²) in [5.74, 6) is -1.45. The minimum absolute atomic E-state index is 0. The summed E-state index contributed by atoms with van der Waals surface area (Å²) >= 11 is 0. The average Bonchev–Trinajstić information content (AvgIpc) is 3.66. The van der Waals surface area contributed by atoms with Crippen molar-refractivity contribution >= 4 is 11.0 Å². The Hall–Kier alpha value is -5.57. The molecule has 1 N–H and O–H groups in total. The zero-order valence-corrected chi connectivity index (χ0v) is 43.9. The number of phenols is 1. The third kappa shape index (κ3) is 10.0. The number of para-hydroxylation sites is 1. The van der Waals surface area contributed by atoms with Gasteiger partial charge in [0.25, 0.3) is 0 Å². The van der Waals surface area contributed by atoms with Gasteiger partial charge in [0, 0.05) is 45.4 Å². The molecule has 0 saturated heterocycles. The van der Waals surface area contributed by atoms with Gasteiger partial charge in [0.1, 0.15) is 11.6 Å². The quantitative estimate of drug-likeness (QED) is 0.154. The second-order valence-electron chi connectivity index (χ2n) is 21.6. The maximum absolute atomic E-state index is 12.6. The van der Waals surface area contributed by atoms with Gasteiger partial charge in [0.05, 0.1) is 22.3 Å². The molecule has 4 nitrogen and oxygen atoms in total. The van der Waals surface area contributed by atoms with Gasteiger partial charge in [0.15, 0.2) is 0 Å². The van der Waals surface area contributed by atoms with Crippen molar-refractivity contribution in [1.82, 2.24) is 14.5 Å². The van der Waals surface area contributed by atoms with E-state index >= 15 is 0 Å². The number of aromatic hydroxyl groups is 1. The van der Waals surface area contributed by atoms with Crippen LogP contribution in [0.2, 0.25) is 0 Å². The number of aromatic nitrogens is 3. The van der Waals surface area contributed by atoms with Gasteiger partial charge in [-0.05, 0) is 117 Å². The normalized spacial score (nSPS) is 13.9. The summed E-state index contributed by atoms with van der Waals surface area (Å²) in [5.41, 5.74) is 13.4. The smallest absolute Gasteiger partial charge is 0.148 e. The van der Waals surface area contributed by atoms with Crippen LogP contribution in [0, 0.1) is 19.8 Å². The van der Waals surface area contributed by atoms with E-state index in [2.05, 4.69) is 124 Å². The molecule has 0 aliphatic rings. The van der Waals surface area contributed by atoms with E-state index in [1.165, 1.54) is 5.56 Å². The monoisotopic (exact) mass is 1070 g/mol. The Labute approximate surface area is 422 Å². The number of rotatable bonds is 8. The van der Waals surface area contributed by atoms with Gasteiger partial charge in [0.2, 0.25) is 0 Å². The van der Waals surface area contributed by atoms with Crippen molar-refractivity contribution in [1.29, 1.82) is 0 Å². The van der Waals surface area contributed by atoms with Gasteiger partial charge in [-0.15, -0.1) is 29.3 Å². The van der Waals surface area contributed by atoms with Gasteiger partial charge in [-0.3, -0.25) is 9.55 Å². The Bertz CT molecular complexity index is 3300. The first-order chi connectivity index (χ1) is 32.8. The molecule has 5 heteroatoms. The zero-order chi connectivity index (χ0) is 52.0. The summed E-state index contributed by atoms with van der Waals surface area (Å²) in [6.07, 6.45) is 1.84. The fourth-order valence-electron chi connectivity index (χ4n) is 8.62. The number of aryl methyl sites for hydroxylation is 2. The molecule has 0 aliphatic carbocycles. The molecule has 0 saturated carbocycles. The predicted octanol–water partition coefficient (Wildman–Crippen LogP) is 17.0. The summed E-state index contributed by atoms with van der Waals surface area (Å²) in [6, 6.07) is 42.0. The van der Waals surface area contributed by atoms with Crippen LogP contribution >= 0.6 is 0 Å². The van der Waals surface area contributed by atoms with Gasteiger partial charge in [-0.1, -0.05) is 179 Å². The van der Waals surface area contributed by atoms with Crippen LogP contribution < -0.4 is 0 Å². The molecule has 8 aromatic rings. The summed E-state index contributed by atoms with van der Waals surface area (Å²) in [4.78, 5) is 10.4. The van der Waals surface area contributed by atoms with E-state index in [0.29, 0.717) is 33.7 Å². The fraction of sp³-hybridized carbons (Fsp3) is 0.323. The molecule has 8 rings (SSSR count). The third-order valence-electron chi connectivity index (χ3n) is 12.8. The Balaban J connectivity index is 0.00000760. The van der Waals surface area contributed by atoms with Crippen LogP contribution in [0.1, 0.15) is 148 Å². The number of phenolic OH excluding ortho intramolecular Hbond substituents is 1. The van der Waals surface area contributed by atoms with Gasteiger partial charge < -0.3 is 5.11 Å².